The fourth-order valence-electron chi connectivity index (χ4n) is 2.73. The quantitative estimate of drug-likeness (QED) is 0.830. The zero-order chi connectivity index (χ0) is 15.4. The second-order valence-corrected chi connectivity index (χ2v) is 6.07. The molecule has 2 unspecified atom stereocenters. The van der Waals surface area contributed by atoms with E-state index in [1.807, 2.05) is 0 Å². The Morgan fingerprint density at radius 3 is 2.33 bits per heavy atom. The molecule has 2 rings (SSSR count). The predicted octanol–water partition coefficient (Wildman–Crippen LogP) is 3.76. The second-order valence-electron chi connectivity index (χ2n) is 5.26. The molecule has 0 heterocycles. The number of carbonyl (C=O) groups is 2. The molecule has 0 bridgehead atoms. The average molecular weight is 330 g/mol. The molecule has 1 aliphatic rings. The lowest BCUT2D eigenvalue weighted by atomic mass is 9.94. The summed E-state index contributed by atoms with van der Waals surface area (Å²) in [7, 11) is 0. The van der Waals surface area contributed by atoms with E-state index in [-0.39, 0.29) is 21.7 Å². The van der Waals surface area contributed by atoms with Crippen LogP contribution >= 0.6 is 23.2 Å². The first-order valence-electron chi connectivity index (χ1n) is 6.98. The van der Waals surface area contributed by atoms with Crippen molar-refractivity contribution in [2.75, 3.05) is 0 Å². The van der Waals surface area contributed by atoms with Crippen LogP contribution in [-0.2, 0) is 4.79 Å². The molecule has 0 aliphatic heterocycles. The average Bonchev–Trinajstić information content (AvgIpc) is 2.64. The number of amides is 1. The fourth-order valence-corrected chi connectivity index (χ4v) is 3.30. The van der Waals surface area contributed by atoms with E-state index in [0.717, 1.165) is 19.3 Å². The molecule has 1 aromatic rings. The van der Waals surface area contributed by atoms with Crippen LogP contribution in [0.5, 0.6) is 0 Å². The number of nitrogens with one attached hydrogen (secondary N) is 1. The van der Waals surface area contributed by atoms with E-state index >= 15 is 0 Å². The van der Waals surface area contributed by atoms with Gasteiger partial charge in [0.15, 0.2) is 0 Å². The van der Waals surface area contributed by atoms with Gasteiger partial charge in [-0.05, 0) is 25.0 Å². The lowest BCUT2D eigenvalue weighted by molar-refractivity contribution is -0.142. The smallest absolute Gasteiger partial charge is 0.308 e. The summed E-state index contributed by atoms with van der Waals surface area (Å²) in [5.74, 6) is -1.84. The molecule has 1 saturated carbocycles. The Hall–Kier alpha value is -1.26. The SMILES string of the molecule is O=C(NC1CCCCCC1C(=O)O)c1c(Cl)cccc1Cl. The van der Waals surface area contributed by atoms with Crippen molar-refractivity contribution in [3.63, 3.8) is 0 Å². The lowest BCUT2D eigenvalue weighted by Gasteiger charge is -2.23. The topological polar surface area (TPSA) is 66.4 Å². The van der Waals surface area contributed by atoms with E-state index in [4.69, 9.17) is 23.2 Å². The van der Waals surface area contributed by atoms with Crippen molar-refractivity contribution in [3.8, 4) is 0 Å². The number of hydrogen-bond acceptors (Lipinski definition) is 2. The third-order valence-electron chi connectivity index (χ3n) is 3.84. The lowest BCUT2D eigenvalue weighted by Crippen LogP contribution is -2.43. The van der Waals surface area contributed by atoms with Crippen LogP contribution in [-0.4, -0.2) is 23.0 Å². The minimum Gasteiger partial charge on any atom is -0.481 e. The number of halogens is 2. The maximum Gasteiger partial charge on any atom is 0.308 e. The van der Waals surface area contributed by atoms with E-state index in [1.165, 1.54) is 0 Å². The molecule has 1 aromatic carbocycles. The van der Waals surface area contributed by atoms with Gasteiger partial charge in [-0.1, -0.05) is 48.5 Å². The van der Waals surface area contributed by atoms with Crippen LogP contribution in [0.15, 0.2) is 18.2 Å². The van der Waals surface area contributed by atoms with Crippen molar-refractivity contribution < 1.29 is 14.7 Å². The Morgan fingerprint density at radius 1 is 1.10 bits per heavy atom. The van der Waals surface area contributed by atoms with Gasteiger partial charge in [-0.3, -0.25) is 9.59 Å². The number of carbonyl (C=O) groups excluding carboxylic acids is 1. The van der Waals surface area contributed by atoms with Crippen LogP contribution in [0.4, 0.5) is 0 Å². The first-order chi connectivity index (χ1) is 10.0. The summed E-state index contributed by atoms with van der Waals surface area (Å²) in [4.78, 5) is 23.7. The van der Waals surface area contributed by atoms with Crippen molar-refractivity contribution in [3.05, 3.63) is 33.8 Å². The van der Waals surface area contributed by atoms with Crippen LogP contribution < -0.4 is 5.32 Å². The van der Waals surface area contributed by atoms with Crippen LogP contribution in [0.3, 0.4) is 0 Å². The summed E-state index contributed by atoms with van der Waals surface area (Å²) in [5.41, 5.74) is 0.203. The van der Waals surface area contributed by atoms with Gasteiger partial charge < -0.3 is 10.4 Å². The maximum atomic E-state index is 12.4. The van der Waals surface area contributed by atoms with E-state index in [9.17, 15) is 14.7 Å². The number of benzene rings is 1. The first-order valence-corrected chi connectivity index (χ1v) is 7.74. The summed E-state index contributed by atoms with van der Waals surface area (Å²) >= 11 is 12.0. The van der Waals surface area contributed by atoms with Gasteiger partial charge in [0, 0.05) is 6.04 Å². The van der Waals surface area contributed by atoms with Gasteiger partial charge in [0.05, 0.1) is 21.5 Å². The molecule has 114 valence electrons. The van der Waals surface area contributed by atoms with E-state index in [1.54, 1.807) is 18.2 Å². The molecule has 4 nitrogen and oxygen atoms in total. The van der Waals surface area contributed by atoms with Crippen molar-refractivity contribution >= 4 is 35.1 Å². The van der Waals surface area contributed by atoms with Gasteiger partial charge in [0.2, 0.25) is 0 Å². The molecule has 1 aliphatic carbocycles. The summed E-state index contributed by atoms with van der Waals surface area (Å²) in [6.07, 6.45) is 4.01. The summed E-state index contributed by atoms with van der Waals surface area (Å²) in [6, 6.07) is 4.45. The maximum absolute atomic E-state index is 12.4. The number of hydrogen-bond donors (Lipinski definition) is 2. The van der Waals surface area contributed by atoms with Gasteiger partial charge in [0.1, 0.15) is 0 Å². The Bertz CT molecular complexity index is 527. The van der Waals surface area contributed by atoms with Crippen LogP contribution in [0.25, 0.3) is 0 Å². The second kappa shape index (κ2) is 7.14. The van der Waals surface area contributed by atoms with E-state index in [0.29, 0.717) is 12.8 Å². The van der Waals surface area contributed by atoms with E-state index < -0.39 is 17.8 Å². The molecule has 1 amide bonds. The van der Waals surface area contributed by atoms with Crippen LogP contribution in [0, 0.1) is 5.92 Å². The van der Waals surface area contributed by atoms with Crippen molar-refractivity contribution in [2.45, 2.75) is 38.1 Å². The minimum atomic E-state index is -0.868. The molecular formula is C15H17Cl2NO3. The highest BCUT2D eigenvalue weighted by atomic mass is 35.5. The van der Waals surface area contributed by atoms with Crippen LogP contribution in [0.2, 0.25) is 10.0 Å². The highest BCUT2D eigenvalue weighted by Gasteiger charge is 2.31. The number of aliphatic carboxylic acids is 1. The Labute approximate surface area is 133 Å². The van der Waals surface area contributed by atoms with Crippen molar-refractivity contribution in [1.29, 1.82) is 0 Å². The molecule has 2 N–H and O–H groups in total. The van der Waals surface area contributed by atoms with Gasteiger partial charge in [-0.2, -0.15) is 0 Å². The Balaban J connectivity index is 2.18. The third-order valence-corrected chi connectivity index (χ3v) is 4.47. The molecule has 0 radical (unpaired) electrons. The van der Waals surface area contributed by atoms with E-state index in [2.05, 4.69) is 5.32 Å². The zero-order valence-electron chi connectivity index (χ0n) is 11.4. The minimum absolute atomic E-state index is 0.203. The number of carboxylic acids is 1. The molecule has 6 heteroatoms. The summed E-state index contributed by atoms with van der Waals surface area (Å²) in [5, 5.41) is 12.7. The fraction of sp³-hybridized carbons (Fsp3) is 0.467. The molecule has 2 atom stereocenters. The Morgan fingerprint density at radius 2 is 1.71 bits per heavy atom. The van der Waals surface area contributed by atoms with Crippen LogP contribution in [0.1, 0.15) is 42.5 Å². The number of carboxylic acid groups (broad SMARTS) is 1. The van der Waals surface area contributed by atoms with Gasteiger partial charge in [0.25, 0.3) is 5.91 Å². The normalized spacial score (nSPS) is 22.4. The predicted molar refractivity (Wildman–Crippen MR) is 81.9 cm³/mol. The standard InChI is InChI=1S/C15H17Cl2NO3/c16-10-6-4-7-11(17)13(10)14(19)18-12-8-3-1-2-5-9(12)15(20)21/h4,6-7,9,12H,1-3,5,8H2,(H,18,19)(H,20,21). The molecule has 0 aromatic heterocycles. The highest BCUT2D eigenvalue weighted by Crippen LogP contribution is 2.27. The summed E-state index contributed by atoms with van der Waals surface area (Å²) < 4.78 is 0. The molecule has 0 spiro atoms. The number of rotatable bonds is 3. The Kier molecular flexibility index (Phi) is 5.48. The molecule has 21 heavy (non-hydrogen) atoms. The monoisotopic (exact) mass is 329 g/mol. The third kappa shape index (κ3) is 3.89. The van der Waals surface area contributed by atoms with Gasteiger partial charge >= 0.3 is 5.97 Å². The molecular weight excluding hydrogens is 313 g/mol. The summed E-state index contributed by atoms with van der Waals surface area (Å²) in [6.45, 7) is 0. The molecule has 0 saturated heterocycles. The van der Waals surface area contributed by atoms with Crippen molar-refractivity contribution in [2.24, 2.45) is 5.92 Å². The van der Waals surface area contributed by atoms with Crippen molar-refractivity contribution in [1.82, 2.24) is 5.32 Å². The zero-order valence-corrected chi connectivity index (χ0v) is 13.0. The highest BCUT2D eigenvalue weighted by molar-refractivity contribution is 6.39. The van der Waals surface area contributed by atoms with Gasteiger partial charge in [-0.25, -0.2) is 0 Å². The first kappa shape index (κ1) is 16.1. The molecule has 1 fully saturated rings. The largest absolute Gasteiger partial charge is 0.481 e. The van der Waals surface area contributed by atoms with Gasteiger partial charge in [-0.15, -0.1) is 0 Å².